The van der Waals surface area contributed by atoms with Gasteiger partial charge in [0, 0.05) is 6.20 Å². The van der Waals surface area contributed by atoms with Gasteiger partial charge in [-0.3, -0.25) is 10.1 Å². The molecule has 0 saturated carbocycles. The number of rotatable bonds is 2. The lowest BCUT2D eigenvalue weighted by Crippen LogP contribution is -1.97. The topological polar surface area (TPSA) is 79.8 Å². The van der Waals surface area contributed by atoms with Gasteiger partial charge in [-0.25, -0.2) is 4.98 Å². The van der Waals surface area contributed by atoms with E-state index >= 15 is 0 Å². The Hall–Kier alpha value is -2.74. The number of nitriles is 1. The monoisotopic (exact) mass is 225 g/mol. The van der Waals surface area contributed by atoms with Gasteiger partial charge in [0.05, 0.1) is 10.5 Å². The molecule has 0 N–H and O–H groups in total. The second-order valence-electron chi connectivity index (χ2n) is 3.29. The van der Waals surface area contributed by atoms with Crippen LogP contribution < -0.4 is 0 Å². The van der Waals surface area contributed by atoms with Gasteiger partial charge in [0.15, 0.2) is 0 Å². The Morgan fingerprint density at radius 1 is 1.24 bits per heavy atom. The molecule has 5 heteroatoms. The molecule has 0 amide bonds. The molecule has 1 aromatic heterocycles. The van der Waals surface area contributed by atoms with E-state index in [2.05, 4.69) is 4.98 Å². The highest BCUT2D eigenvalue weighted by Crippen LogP contribution is 2.30. The molecule has 0 saturated heterocycles. The molecule has 0 aliphatic carbocycles. The number of nitro groups is 1. The van der Waals surface area contributed by atoms with E-state index in [1.54, 1.807) is 30.3 Å². The van der Waals surface area contributed by atoms with Gasteiger partial charge >= 0.3 is 5.69 Å². The molecule has 0 aliphatic heterocycles. The third-order valence-corrected chi connectivity index (χ3v) is 2.30. The zero-order valence-corrected chi connectivity index (χ0v) is 8.70. The van der Waals surface area contributed by atoms with Gasteiger partial charge in [-0.05, 0) is 11.6 Å². The zero-order chi connectivity index (χ0) is 12.3. The molecule has 82 valence electrons. The van der Waals surface area contributed by atoms with Crippen LogP contribution in [0.5, 0.6) is 0 Å². The van der Waals surface area contributed by atoms with Gasteiger partial charge in [-0.15, -0.1) is 0 Å². The van der Waals surface area contributed by atoms with Crippen LogP contribution >= 0.6 is 0 Å². The van der Waals surface area contributed by atoms with Crippen LogP contribution in [-0.2, 0) is 0 Å². The van der Waals surface area contributed by atoms with Crippen molar-refractivity contribution in [2.24, 2.45) is 0 Å². The summed E-state index contributed by atoms with van der Waals surface area (Å²) in [5.74, 6) is 0. The Labute approximate surface area is 97.1 Å². The first-order valence-electron chi connectivity index (χ1n) is 4.83. The number of nitrogens with zero attached hydrogens (tertiary/aromatic N) is 3. The smallest absolute Gasteiger partial charge is 0.258 e. The number of hydrogen-bond acceptors (Lipinski definition) is 4. The summed E-state index contributed by atoms with van der Waals surface area (Å²) in [6.45, 7) is 0. The maximum atomic E-state index is 11.0. The average Bonchev–Trinajstić information content (AvgIpc) is 2.38. The van der Waals surface area contributed by atoms with E-state index in [1.165, 1.54) is 12.3 Å². The SMILES string of the molecule is N#Cc1nccc(-c2ccccc2)c1[N+](=O)[O-]. The van der Waals surface area contributed by atoms with Crippen molar-refractivity contribution in [3.05, 3.63) is 58.4 Å². The summed E-state index contributed by atoms with van der Waals surface area (Å²) in [4.78, 5) is 14.1. The molecular formula is C12H7N3O2. The fourth-order valence-corrected chi connectivity index (χ4v) is 1.57. The average molecular weight is 225 g/mol. The van der Waals surface area contributed by atoms with Gasteiger partial charge < -0.3 is 0 Å². The molecule has 2 aromatic rings. The van der Waals surface area contributed by atoms with Crippen molar-refractivity contribution in [2.75, 3.05) is 0 Å². The summed E-state index contributed by atoms with van der Waals surface area (Å²) in [7, 11) is 0. The quantitative estimate of drug-likeness (QED) is 0.581. The van der Waals surface area contributed by atoms with Gasteiger partial charge in [0.1, 0.15) is 6.07 Å². The lowest BCUT2D eigenvalue weighted by molar-refractivity contribution is -0.384. The van der Waals surface area contributed by atoms with Crippen LogP contribution in [0, 0.1) is 21.4 Å². The normalized spacial score (nSPS) is 9.59. The van der Waals surface area contributed by atoms with Crippen molar-refractivity contribution in [3.8, 4) is 17.2 Å². The van der Waals surface area contributed by atoms with Crippen LogP contribution in [0.4, 0.5) is 5.69 Å². The van der Waals surface area contributed by atoms with E-state index in [0.29, 0.717) is 11.1 Å². The standard InChI is InChI=1S/C12H7N3O2/c13-8-11-12(15(16)17)10(6-7-14-11)9-4-2-1-3-5-9/h1-7H. The highest BCUT2D eigenvalue weighted by Gasteiger charge is 2.21. The molecule has 0 unspecified atom stereocenters. The number of hydrogen-bond donors (Lipinski definition) is 0. The molecule has 1 aromatic carbocycles. The van der Waals surface area contributed by atoms with Gasteiger partial charge in [-0.2, -0.15) is 5.26 Å². The molecule has 0 aliphatic rings. The first-order valence-corrected chi connectivity index (χ1v) is 4.83. The van der Waals surface area contributed by atoms with Crippen molar-refractivity contribution in [3.63, 3.8) is 0 Å². The highest BCUT2D eigenvalue weighted by atomic mass is 16.6. The van der Waals surface area contributed by atoms with E-state index in [1.807, 2.05) is 6.07 Å². The second-order valence-corrected chi connectivity index (χ2v) is 3.29. The summed E-state index contributed by atoms with van der Waals surface area (Å²) >= 11 is 0. The third-order valence-electron chi connectivity index (χ3n) is 2.30. The molecule has 2 rings (SSSR count). The van der Waals surface area contributed by atoms with E-state index in [0.717, 1.165) is 0 Å². The zero-order valence-electron chi connectivity index (χ0n) is 8.70. The molecular weight excluding hydrogens is 218 g/mol. The van der Waals surface area contributed by atoms with Crippen LogP contribution in [0.1, 0.15) is 5.69 Å². The van der Waals surface area contributed by atoms with Crippen LogP contribution in [-0.4, -0.2) is 9.91 Å². The summed E-state index contributed by atoms with van der Waals surface area (Å²) < 4.78 is 0. The lowest BCUT2D eigenvalue weighted by Gasteiger charge is -2.03. The summed E-state index contributed by atoms with van der Waals surface area (Å²) in [5, 5.41) is 19.8. The first-order chi connectivity index (χ1) is 8.24. The molecule has 17 heavy (non-hydrogen) atoms. The Bertz CT molecular complexity index is 603. The highest BCUT2D eigenvalue weighted by molar-refractivity contribution is 5.75. The van der Waals surface area contributed by atoms with Gasteiger partial charge in [0.25, 0.3) is 0 Å². The van der Waals surface area contributed by atoms with Crippen LogP contribution in [0.25, 0.3) is 11.1 Å². The fraction of sp³-hybridized carbons (Fsp3) is 0. The number of pyridine rings is 1. The van der Waals surface area contributed by atoms with Crippen molar-refractivity contribution in [1.29, 1.82) is 5.26 Å². The predicted molar refractivity (Wildman–Crippen MR) is 61.0 cm³/mol. The van der Waals surface area contributed by atoms with Crippen LogP contribution in [0.15, 0.2) is 42.6 Å². The Morgan fingerprint density at radius 2 is 1.94 bits per heavy atom. The molecule has 5 nitrogen and oxygen atoms in total. The Kier molecular flexibility index (Phi) is 2.79. The molecule has 1 heterocycles. The Balaban J connectivity index is 2.71. The minimum Gasteiger partial charge on any atom is -0.258 e. The van der Waals surface area contributed by atoms with Crippen molar-refractivity contribution < 1.29 is 4.92 Å². The van der Waals surface area contributed by atoms with E-state index in [-0.39, 0.29) is 11.4 Å². The van der Waals surface area contributed by atoms with Crippen LogP contribution in [0.2, 0.25) is 0 Å². The first kappa shape index (κ1) is 10.8. The number of aromatic nitrogens is 1. The third kappa shape index (κ3) is 1.96. The molecule has 0 bridgehead atoms. The second kappa shape index (κ2) is 4.41. The van der Waals surface area contributed by atoms with Crippen molar-refractivity contribution in [2.45, 2.75) is 0 Å². The van der Waals surface area contributed by atoms with Gasteiger partial charge in [-0.1, -0.05) is 30.3 Å². The maximum absolute atomic E-state index is 11.0. The summed E-state index contributed by atoms with van der Waals surface area (Å²) in [6.07, 6.45) is 1.40. The van der Waals surface area contributed by atoms with Crippen molar-refractivity contribution in [1.82, 2.24) is 4.98 Å². The summed E-state index contributed by atoms with van der Waals surface area (Å²) in [5.41, 5.74) is 0.679. The number of benzene rings is 1. The minimum absolute atomic E-state index is 0.170. The molecule has 0 fully saturated rings. The van der Waals surface area contributed by atoms with Crippen LogP contribution in [0.3, 0.4) is 0 Å². The molecule has 0 atom stereocenters. The minimum atomic E-state index is -0.576. The lowest BCUT2D eigenvalue weighted by atomic mass is 10.0. The Morgan fingerprint density at radius 3 is 2.53 bits per heavy atom. The van der Waals surface area contributed by atoms with Crippen molar-refractivity contribution >= 4 is 5.69 Å². The fourth-order valence-electron chi connectivity index (χ4n) is 1.57. The summed E-state index contributed by atoms with van der Waals surface area (Å²) in [6, 6.07) is 12.2. The van der Waals surface area contributed by atoms with E-state index < -0.39 is 4.92 Å². The molecule has 0 radical (unpaired) electrons. The predicted octanol–water partition coefficient (Wildman–Crippen LogP) is 2.53. The maximum Gasteiger partial charge on any atom is 0.313 e. The largest absolute Gasteiger partial charge is 0.313 e. The van der Waals surface area contributed by atoms with E-state index in [9.17, 15) is 10.1 Å². The van der Waals surface area contributed by atoms with E-state index in [4.69, 9.17) is 5.26 Å². The van der Waals surface area contributed by atoms with Gasteiger partial charge in [0.2, 0.25) is 5.69 Å². The molecule has 0 spiro atoms.